The Kier molecular flexibility index (Phi) is 10.5. The number of ether oxygens (including phenoxy) is 2. The summed E-state index contributed by atoms with van der Waals surface area (Å²) >= 11 is 1.66. The second-order valence-corrected chi connectivity index (χ2v) is 13.7. The van der Waals surface area contributed by atoms with Crippen molar-refractivity contribution in [2.75, 3.05) is 49.8 Å². The minimum Gasteiger partial charge on any atom is -0.497 e. The second-order valence-electron chi connectivity index (χ2n) is 12.1. The van der Waals surface area contributed by atoms with Gasteiger partial charge in [0.1, 0.15) is 17.5 Å². The molecule has 0 aromatic heterocycles. The van der Waals surface area contributed by atoms with Crippen molar-refractivity contribution in [1.29, 1.82) is 0 Å². The standard InChI is InChI=1S/C36H45N3O6S/c1-6-19-37(25-13-17-28(18-14-25)45-8-3)33(41)30-29-23-24(4)36(46-29)31(30)34(42)39(21-9-10-22-40)32(36)35(43)38(20-7-2)26-11-15-27(44-5)16-12-26/h6-7,11-18,24,29-32,40H,1-2,8-10,19-23H2,3-5H3/t24?,29-,30+,31+,32?,36?/m1/s1. The monoisotopic (exact) mass is 647 g/mol. The molecule has 3 aliphatic heterocycles. The molecule has 3 saturated heterocycles. The number of hydrogen-bond donors (Lipinski definition) is 1. The Morgan fingerprint density at radius 2 is 1.59 bits per heavy atom. The van der Waals surface area contributed by atoms with E-state index >= 15 is 0 Å². The van der Waals surface area contributed by atoms with Crippen LogP contribution in [-0.4, -0.2) is 83.7 Å². The van der Waals surface area contributed by atoms with Gasteiger partial charge in [0.25, 0.3) is 5.91 Å². The predicted molar refractivity (Wildman–Crippen MR) is 182 cm³/mol. The Balaban J connectivity index is 1.55. The van der Waals surface area contributed by atoms with Crippen LogP contribution in [0.15, 0.2) is 73.8 Å². The van der Waals surface area contributed by atoms with Crippen molar-refractivity contribution in [2.24, 2.45) is 17.8 Å². The Hall–Kier alpha value is -3.76. The van der Waals surface area contributed by atoms with Crippen LogP contribution in [0, 0.1) is 17.8 Å². The summed E-state index contributed by atoms with van der Waals surface area (Å²) in [6.07, 6.45) is 5.17. The van der Waals surface area contributed by atoms with Crippen molar-refractivity contribution in [1.82, 2.24) is 4.90 Å². The van der Waals surface area contributed by atoms with Crippen molar-refractivity contribution >= 4 is 40.9 Å². The van der Waals surface area contributed by atoms with Crippen LogP contribution in [-0.2, 0) is 14.4 Å². The van der Waals surface area contributed by atoms with Crippen molar-refractivity contribution in [3.05, 3.63) is 73.8 Å². The fourth-order valence-corrected chi connectivity index (χ4v) is 10.0. The molecule has 0 radical (unpaired) electrons. The van der Waals surface area contributed by atoms with Gasteiger partial charge in [-0.15, -0.1) is 24.9 Å². The third kappa shape index (κ3) is 5.81. The number of anilines is 2. The van der Waals surface area contributed by atoms with Crippen LogP contribution in [0.3, 0.4) is 0 Å². The van der Waals surface area contributed by atoms with Gasteiger partial charge in [-0.05, 0) is 80.6 Å². The van der Waals surface area contributed by atoms with E-state index in [9.17, 15) is 19.5 Å². The van der Waals surface area contributed by atoms with Crippen molar-refractivity contribution < 1.29 is 29.0 Å². The summed E-state index contributed by atoms with van der Waals surface area (Å²) < 4.78 is 10.2. The molecule has 3 fully saturated rings. The Bertz CT molecular complexity index is 1430. The first-order valence-corrected chi connectivity index (χ1v) is 17.0. The van der Waals surface area contributed by atoms with Crippen LogP contribution in [0.2, 0.25) is 0 Å². The van der Waals surface area contributed by atoms with Gasteiger partial charge in [-0.2, -0.15) is 0 Å². The van der Waals surface area contributed by atoms with Gasteiger partial charge in [-0.25, -0.2) is 0 Å². The number of likely N-dealkylation sites (tertiary alicyclic amines) is 1. The molecule has 1 spiro atoms. The SMILES string of the molecule is C=CCN(C(=O)C1N(CCCCO)C(=O)[C@@H]2[C@@H](C(=O)N(CC=C)c3ccc(OCC)cc3)[C@H]3CC(C)C12S3)c1ccc(OC)cc1. The molecule has 0 aliphatic carbocycles. The van der Waals surface area contributed by atoms with Gasteiger partial charge in [0, 0.05) is 42.9 Å². The first kappa shape index (κ1) is 33.6. The minimum absolute atomic E-state index is 0.00338. The first-order chi connectivity index (χ1) is 22.3. The van der Waals surface area contributed by atoms with Gasteiger partial charge in [0.2, 0.25) is 11.8 Å². The zero-order chi connectivity index (χ0) is 33.0. The molecule has 2 aromatic rings. The Morgan fingerprint density at radius 1 is 1.00 bits per heavy atom. The van der Waals surface area contributed by atoms with Crippen molar-refractivity contribution in [2.45, 2.75) is 49.1 Å². The largest absolute Gasteiger partial charge is 0.497 e. The van der Waals surface area contributed by atoms with Crippen LogP contribution in [0.4, 0.5) is 11.4 Å². The summed E-state index contributed by atoms with van der Waals surface area (Å²) in [7, 11) is 1.59. The van der Waals surface area contributed by atoms with Crippen molar-refractivity contribution in [3.8, 4) is 11.5 Å². The van der Waals surface area contributed by atoms with Crippen LogP contribution in [0.1, 0.15) is 33.1 Å². The third-order valence-electron chi connectivity index (χ3n) is 9.57. The Labute approximate surface area is 276 Å². The molecule has 3 amide bonds. The van der Waals surface area contributed by atoms with E-state index in [0.717, 1.165) is 6.42 Å². The number of carbonyl (C=O) groups is 3. The topological polar surface area (TPSA) is 99.6 Å². The number of aliphatic hydroxyl groups is 1. The van der Waals surface area contributed by atoms with E-state index in [1.54, 1.807) is 57.9 Å². The maximum Gasteiger partial charge on any atom is 0.251 e. The zero-order valence-electron chi connectivity index (χ0n) is 27.0. The van der Waals surface area contributed by atoms with Crippen LogP contribution in [0.25, 0.3) is 0 Å². The number of methoxy groups -OCH3 is 1. The number of thioether (sulfide) groups is 1. The second kappa shape index (κ2) is 14.3. The van der Waals surface area contributed by atoms with E-state index in [1.807, 2.05) is 43.3 Å². The lowest BCUT2D eigenvalue weighted by atomic mass is 9.65. The van der Waals surface area contributed by atoms with Crippen molar-refractivity contribution in [3.63, 3.8) is 0 Å². The lowest BCUT2D eigenvalue weighted by molar-refractivity contribution is -0.139. The number of aliphatic hydroxyl groups excluding tert-OH is 1. The molecule has 5 rings (SSSR count). The Morgan fingerprint density at radius 3 is 2.13 bits per heavy atom. The molecule has 3 heterocycles. The molecule has 1 N–H and O–H groups in total. The van der Waals surface area contributed by atoms with Crippen LogP contribution < -0.4 is 19.3 Å². The molecule has 9 nitrogen and oxygen atoms in total. The molecular formula is C36H45N3O6S. The molecule has 2 aromatic carbocycles. The zero-order valence-corrected chi connectivity index (χ0v) is 27.8. The summed E-state index contributed by atoms with van der Waals surface area (Å²) in [5.41, 5.74) is 1.39. The number of unbranched alkanes of at least 4 members (excludes halogenated alkanes) is 1. The lowest BCUT2D eigenvalue weighted by Crippen LogP contribution is -2.57. The number of benzene rings is 2. The molecule has 0 saturated carbocycles. The summed E-state index contributed by atoms with van der Waals surface area (Å²) in [5.74, 6) is -0.307. The summed E-state index contributed by atoms with van der Waals surface area (Å²) in [6.45, 7) is 13.3. The maximum atomic E-state index is 14.8. The molecule has 2 bridgehead atoms. The molecule has 246 valence electrons. The molecule has 3 unspecified atom stereocenters. The van der Waals surface area contributed by atoms with Gasteiger partial charge >= 0.3 is 0 Å². The molecule has 10 heteroatoms. The highest BCUT2D eigenvalue weighted by atomic mass is 32.2. The maximum absolute atomic E-state index is 14.8. The normalized spacial score (nSPS) is 26.0. The highest BCUT2D eigenvalue weighted by Gasteiger charge is 2.76. The number of fused-ring (bicyclic) bond motifs is 1. The number of nitrogens with zero attached hydrogens (tertiary/aromatic N) is 3. The lowest BCUT2D eigenvalue weighted by Gasteiger charge is -2.41. The fourth-order valence-electron chi connectivity index (χ4n) is 7.60. The minimum atomic E-state index is -0.775. The van der Waals surface area contributed by atoms with E-state index in [4.69, 9.17) is 9.47 Å². The van der Waals surface area contributed by atoms with Gasteiger partial charge in [-0.1, -0.05) is 19.1 Å². The van der Waals surface area contributed by atoms with E-state index in [1.165, 1.54) is 0 Å². The van der Waals surface area contributed by atoms with E-state index < -0.39 is 22.6 Å². The van der Waals surface area contributed by atoms with Crippen LogP contribution in [0.5, 0.6) is 11.5 Å². The number of hydrogen-bond acceptors (Lipinski definition) is 7. The average molecular weight is 648 g/mol. The van der Waals surface area contributed by atoms with Gasteiger partial charge < -0.3 is 29.3 Å². The molecular weight excluding hydrogens is 602 g/mol. The van der Waals surface area contributed by atoms with E-state index in [2.05, 4.69) is 20.1 Å². The van der Waals surface area contributed by atoms with Crippen LogP contribution >= 0.6 is 11.8 Å². The summed E-state index contributed by atoms with van der Waals surface area (Å²) in [4.78, 5) is 49.1. The predicted octanol–water partition coefficient (Wildman–Crippen LogP) is 4.94. The molecule has 3 aliphatic rings. The van der Waals surface area contributed by atoms with Gasteiger partial charge in [-0.3, -0.25) is 14.4 Å². The van der Waals surface area contributed by atoms with E-state index in [0.29, 0.717) is 48.9 Å². The summed E-state index contributed by atoms with van der Waals surface area (Å²) in [5, 5.41) is 9.45. The summed E-state index contributed by atoms with van der Waals surface area (Å²) in [6, 6.07) is 13.9. The van der Waals surface area contributed by atoms with Gasteiger partial charge in [0.05, 0.1) is 30.3 Å². The molecule has 46 heavy (non-hydrogen) atoms. The average Bonchev–Trinajstić information content (AvgIpc) is 3.66. The van der Waals surface area contributed by atoms with E-state index in [-0.39, 0.29) is 48.6 Å². The quantitative estimate of drug-likeness (QED) is 0.216. The highest BCUT2D eigenvalue weighted by Crippen LogP contribution is 2.69. The van der Waals surface area contributed by atoms with Gasteiger partial charge in [0.15, 0.2) is 0 Å². The number of amides is 3. The first-order valence-electron chi connectivity index (χ1n) is 16.1. The number of rotatable bonds is 15. The third-order valence-corrected chi connectivity index (χ3v) is 11.6. The smallest absolute Gasteiger partial charge is 0.251 e. The number of carbonyl (C=O) groups excluding carboxylic acids is 3. The molecule has 6 atom stereocenters. The highest BCUT2D eigenvalue weighted by molar-refractivity contribution is 8.02. The fraction of sp³-hybridized carbons (Fsp3) is 0.472.